The van der Waals surface area contributed by atoms with Crippen LogP contribution in [0.15, 0.2) is 24.4 Å². The van der Waals surface area contributed by atoms with Gasteiger partial charge < -0.3 is 10.5 Å². The number of halogens is 3. The van der Waals surface area contributed by atoms with Crippen molar-refractivity contribution in [1.29, 1.82) is 0 Å². The van der Waals surface area contributed by atoms with E-state index in [-0.39, 0.29) is 17.1 Å². The Morgan fingerprint density at radius 3 is 2.62 bits per heavy atom. The number of hydrogen-bond acceptors (Lipinski definition) is 4. The van der Waals surface area contributed by atoms with E-state index in [2.05, 4.69) is 14.7 Å². The summed E-state index contributed by atoms with van der Waals surface area (Å²) in [6, 6.07) is 3.67. The van der Waals surface area contributed by atoms with Crippen LogP contribution in [-0.4, -0.2) is 16.3 Å². The van der Waals surface area contributed by atoms with Gasteiger partial charge in [-0.2, -0.15) is 0 Å². The van der Waals surface area contributed by atoms with E-state index in [9.17, 15) is 13.2 Å². The summed E-state index contributed by atoms with van der Waals surface area (Å²) in [6.45, 7) is 0. The summed E-state index contributed by atoms with van der Waals surface area (Å²) in [4.78, 5) is 7.73. The predicted octanol–water partition coefficient (Wildman–Crippen LogP) is 2.11. The predicted molar refractivity (Wildman–Crippen MR) is 50.6 cm³/mol. The van der Waals surface area contributed by atoms with E-state index in [1.54, 1.807) is 0 Å². The molecule has 0 spiro atoms. The number of ether oxygens (including phenoxy) is 1. The number of fused-ring (bicyclic) bond motifs is 1. The van der Waals surface area contributed by atoms with Crippen LogP contribution < -0.4 is 10.5 Å². The number of benzene rings is 1. The summed E-state index contributed by atoms with van der Waals surface area (Å²) in [5, 5.41) is 0. The lowest BCUT2D eigenvalue weighted by molar-refractivity contribution is -0.274. The minimum Gasteiger partial charge on any atom is -0.406 e. The number of nitrogens with two attached hydrogens (primary N) is 1. The van der Waals surface area contributed by atoms with Gasteiger partial charge in [0.1, 0.15) is 11.6 Å². The molecular weight excluding hydrogens is 223 g/mol. The van der Waals surface area contributed by atoms with Crippen LogP contribution in [0.1, 0.15) is 0 Å². The third-order valence-electron chi connectivity index (χ3n) is 1.77. The smallest absolute Gasteiger partial charge is 0.406 e. The van der Waals surface area contributed by atoms with Crippen molar-refractivity contribution < 1.29 is 17.9 Å². The molecule has 84 valence electrons. The van der Waals surface area contributed by atoms with Crippen LogP contribution in [0.3, 0.4) is 0 Å². The minimum absolute atomic E-state index is 0.206. The molecule has 0 unspecified atom stereocenters. The summed E-state index contributed by atoms with van der Waals surface area (Å²) in [6.07, 6.45) is -3.45. The van der Waals surface area contributed by atoms with Crippen LogP contribution in [0.25, 0.3) is 11.0 Å². The van der Waals surface area contributed by atoms with Gasteiger partial charge in [0.15, 0.2) is 0 Å². The Morgan fingerprint density at radius 2 is 1.94 bits per heavy atom. The molecule has 0 atom stereocenters. The van der Waals surface area contributed by atoms with Crippen molar-refractivity contribution in [2.24, 2.45) is 0 Å². The molecule has 7 heteroatoms. The fourth-order valence-electron chi connectivity index (χ4n) is 1.20. The highest BCUT2D eigenvalue weighted by Crippen LogP contribution is 2.25. The fourth-order valence-corrected chi connectivity index (χ4v) is 1.20. The van der Waals surface area contributed by atoms with Crippen LogP contribution >= 0.6 is 0 Å². The first-order valence-corrected chi connectivity index (χ1v) is 4.22. The Labute approximate surface area is 87.9 Å². The zero-order valence-corrected chi connectivity index (χ0v) is 7.82. The molecule has 0 saturated heterocycles. The Hall–Kier alpha value is -2.05. The van der Waals surface area contributed by atoms with Gasteiger partial charge in [0.05, 0.1) is 17.2 Å². The standard InChI is InChI=1S/C9H6F3N3O/c10-9(11,12)16-5-1-2-6-7(3-5)14-4-8(13)15-6/h1-4H,(H2,13,15). The third-order valence-corrected chi connectivity index (χ3v) is 1.77. The topological polar surface area (TPSA) is 61.0 Å². The van der Waals surface area contributed by atoms with Gasteiger partial charge in [-0.1, -0.05) is 0 Å². The molecule has 0 fully saturated rings. The van der Waals surface area contributed by atoms with Crippen molar-refractivity contribution in [3.63, 3.8) is 0 Å². The maximum atomic E-state index is 11.9. The molecular formula is C9H6F3N3O. The number of anilines is 1. The zero-order chi connectivity index (χ0) is 11.8. The molecule has 4 nitrogen and oxygen atoms in total. The van der Waals surface area contributed by atoms with Crippen LogP contribution in [0, 0.1) is 0 Å². The molecule has 0 aliphatic heterocycles. The maximum Gasteiger partial charge on any atom is 0.573 e. The molecule has 0 bridgehead atoms. The molecule has 2 rings (SSSR count). The maximum absolute atomic E-state index is 11.9. The molecule has 1 aromatic heterocycles. The fraction of sp³-hybridized carbons (Fsp3) is 0.111. The van der Waals surface area contributed by atoms with Crippen molar-refractivity contribution in [1.82, 2.24) is 9.97 Å². The Kier molecular flexibility index (Phi) is 2.30. The van der Waals surface area contributed by atoms with Crippen LogP contribution in [-0.2, 0) is 0 Å². The summed E-state index contributed by atoms with van der Waals surface area (Å²) in [5.74, 6) is -0.129. The van der Waals surface area contributed by atoms with Gasteiger partial charge in [0.25, 0.3) is 0 Å². The lowest BCUT2D eigenvalue weighted by atomic mass is 10.3. The average molecular weight is 229 g/mol. The number of rotatable bonds is 1. The Bertz CT molecular complexity index is 527. The largest absolute Gasteiger partial charge is 0.573 e. The second-order valence-corrected chi connectivity index (χ2v) is 2.99. The molecule has 16 heavy (non-hydrogen) atoms. The zero-order valence-electron chi connectivity index (χ0n) is 7.82. The second-order valence-electron chi connectivity index (χ2n) is 2.99. The second kappa shape index (κ2) is 3.51. The summed E-state index contributed by atoms with van der Waals surface area (Å²) < 4.78 is 39.5. The van der Waals surface area contributed by atoms with Crippen molar-refractivity contribution >= 4 is 16.9 Å². The highest BCUT2D eigenvalue weighted by molar-refractivity contribution is 5.76. The molecule has 0 aliphatic carbocycles. The van der Waals surface area contributed by atoms with Gasteiger partial charge in [-0.15, -0.1) is 13.2 Å². The SMILES string of the molecule is Nc1cnc2cc(OC(F)(F)F)ccc2n1. The lowest BCUT2D eigenvalue weighted by Crippen LogP contribution is -2.17. The normalized spacial score (nSPS) is 11.7. The number of nitrogens with zero attached hydrogens (tertiary/aromatic N) is 2. The molecule has 0 amide bonds. The van der Waals surface area contributed by atoms with E-state index in [4.69, 9.17) is 5.73 Å². The van der Waals surface area contributed by atoms with Gasteiger partial charge >= 0.3 is 6.36 Å². The molecule has 2 N–H and O–H groups in total. The van der Waals surface area contributed by atoms with Crippen LogP contribution in [0.4, 0.5) is 19.0 Å². The van der Waals surface area contributed by atoms with E-state index in [1.165, 1.54) is 12.3 Å². The number of alkyl halides is 3. The third kappa shape index (κ3) is 2.30. The van der Waals surface area contributed by atoms with E-state index in [1.807, 2.05) is 0 Å². The molecule has 2 aromatic rings. The van der Waals surface area contributed by atoms with Crippen molar-refractivity contribution in [2.45, 2.75) is 6.36 Å². The highest BCUT2D eigenvalue weighted by Gasteiger charge is 2.31. The summed E-state index contributed by atoms with van der Waals surface area (Å²) in [5.41, 5.74) is 6.08. The first kappa shape index (κ1) is 10.5. The highest BCUT2D eigenvalue weighted by atomic mass is 19.4. The van der Waals surface area contributed by atoms with Crippen molar-refractivity contribution in [3.8, 4) is 5.75 Å². The number of hydrogen-bond donors (Lipinski definition) is 1. The van der Waals surface area contributed by atoms with Crippen LogP contribution in [0.2, 0.25) is 0 Å². The summed E-state index contributed by atoms with van der Waals surface area (Å²) >= 11 is 0. The number of nitrogen functional groups attached to an aromatic ring is 1. The first-order chi connectivity index (χ1) is 7.44. The Balaban J connectivity index is 2.41. The van der Waals surface area contributed by atoms with E-state index < -0.39 is 6.36 Å². The quantitative estimate of drug-likeness (QED) is 0.813. The number of aromatic nitrogens is 2. The van der Waals surface area contributed by atoms with E-state index >= 15 is 0 Å². The van der Waals surface area contributed by atoms with Gasteiger partial charge in [-0.25, -0.2) is 4.98 Å². The van der Waals surface area contributed by atoms with Gasteiger partial charge in [-0.3, -0.25) is 4.98 Å². The first-order valence-electron chi connectivity index (χ1n) is 4.22. The van der Waals surface area contributed by atoms with Gasteiger partial charge in [0, 0.05) is 6.07 Å². The molecule has 0 aliphatic rings. The average Bonchev–Trinajstić information content (AvgIpc) is 2.16. The van der Waals surface area contributed by atoms with E-state index in [0.717, 1.165) is 12.1 Å². The molecule has 1 aromatic carbocycles. The minimum atomic E-state index is -4.71. The van der Waals surface area contributed by atoms with Gasteiger partial charge in [0.2, 0.25) is 0 Å². The van der Waals surface area contributed by atoms with Crippen LogP contribution in [0.5, 0.6) is 5.75 Å². The monoisotopic (exact) mass is 229 g/mol. The molecule has 1 heterocycles. The van der Waals surface area contributed by atoms with E-state index in [0.29, 0.717) is 5.52 Å². The molecule has 0 radical (unpaired) electrons. The molecule has 0 saturated carbocycles. The van der Waals surface area contributed by atoms with Crippen molar-refractivity contribution in [3.05, 3.63) is 24.4 Å². The Morgan fingerprint density at radius 1 is 1.19 bits per heavy atom. The van der Waals surface area contributed by atoms with Crippen molar-refractivity contribution in [2.75, 3.05) is 5.73 Å². The summed E-state index contributed by atoms with van der Waals surface area (Å²) in [7, 11) is 0. The lowest BCUT2D eigenvalue weighted by Gasteiger charge is -2.08. The van der Waals surface area contributed by atoms with Gasteiger partial charge in [-0.05, 0) is 12.1 Å².